The predicted molar refractivity (Wildman–Crippen MR) is 82.0 cm³/mol. The predicted octanol–water partition coefficient (Wildman–Crippen LogP) is 3.53. The monoisotopic (exact) mass is 338 g/mol. The van der Waals surface area contributed by atoms with E-state index in [4.69, 9.17) is 4.74 Å². The Morgan fingerprint density at radius 3 is 2.95 bits per heavy atom. The molecule has 1 fully saturated rings. The largest absolute Gasteiger partial charge is 0.495 e. The number of aliphatic hydroxyl groups excluding tert-OH is 1. The van der Waals surface area contributed by atoms with E-state index in [0.29, 0.717) is 0 Å². The first-order valence-corrected chi connectivity index (χ1v) is 7.80. The van der Waals surface area contributed by atoms with Gasteiger partial charge in [-0.3, -0.25) is 4.68 Å². The molecule has 108 valence electrons. The highest BCUT2D eigenvalue weighted by Gasteiger charge is 2.30. The van der Waals surface area contributed by atoms with Crippen LogP contribution in [0.1, 0.15) is 32.2 Å². The maximum absolute atomic E-state index is 10.0. The summed E-state index contributed by atoms with van der Waals surface area (Å²) in [5.74, 6) is 1.03. The molecule has 0 spiro atoms. The number of hydrogen-bond acceptors (Lipinski definition) is 3. The third kappa shape index (κ3) is 2.33. The van der Waals surface area contributed by atoms with Crippen LogP contribution in [0.3, 0.4) is 0 Å². The number of hydrogen-bond donors (Lipinski definition) is 1. The topological polar surface area (TPSA) is 47.3 Å². The Kier molecular flexibility index (Phi) is 3.73. The van der Waals surface area contributed by atoms with Gasteiger partial charge in [-0.05, 0) is 41.3 Å². The van der Waals surface area contributed by atoms with E-state index < -0.39 is 0 Å². The smallest absolute Gasteiger partial charge is 0.135 e. The second-order valence-corrected chi connectivity index (χ2v) is 6.43. The van der Waals surface area contributed by atoms with Crippen LogP contribution in [-0.4, -0.2) is 28.1 Å². The van der Waals surface area contributed by atoms with Crippen molar-refractivity contribution in [1.29, 1.82) is 0 Å². The van der Waals surface area contributed by atoms with Crippen LogP contribution in [-0.2, 0) is 0 Å². The first-order valence-electron chi connectivity index (χ1n) is 7.00. The molecule has 3 atom stereocenters. The summed E-state index contributed by atoms with van der Waals surface area (Å²) in [7, 11) is 1.66. The molecule has 1 saturated carbocycles. The zero-order valence-corrected chi connectivity index (χ0v) is 13.3. The zero-order valence-electron chi connectivity index (χ0n) is 11.7. The van der Waals surface area contributed by atoms with Gasteiger partial charge in [0.05, 0.1) is 29.2 Å². The number of ether oxygens (including phenoxy) is 1. The van der Waals surface area contributed by atoms with Gasteiger partial charge in [0.15, 0.2) is 0 Å². The van der Waals surface area contributed by atoms with Crippen molar-refractivity contribution >= 4 is 26.8 Å². The highest BCUT2D eigenvalue weighted by atomic mass is 79.9. The number of fused-ring (bicyclic) bond motifs is 1. The van der Waals surface area contributed by atoms with Gasteiger partial charge in [0.2, 0.25) is 0 Å². The van der Waals surface area contributed by atoms with E-state index in [9.17, 15) is 5.11 Å². The molecule has 0 saturated heterocycles. The third-order valence-corrected chi connectivity index (χ3v) is 4.97. The molecule has 0 radical (unpaired) electrons. The molecule has 1 aliphatic carbocycles. The number of aromatic nitrogens is 2. The Hall–Kier alpha value is -1.07. The Bertz CT molecular complexity index is 626. The second kappa shape index (κ2) is 5.37. The van der Waals surface area contributed by atoms with Gasteiger partial charge in [-0.25, -0.2) is 0 Å². The number of aliphatic hydroxyl groups is 1. The lowest BCUT2D eigenvalue weighted by atomic mass is 9.83. The van der Waals surface area contributed by atoms with Crippen LogP contribution < -0.4 is 4.74 Å². The van der Waals surface area contributed by atoms with E-state index >= 15 is 0 Å². The fourth-order valence-electron chi connectivity index (χ4n) is 3.06. The number of halogens is 1. The van der Waals surface area contributed by atoms with Gasteiger partial charge in [-0.15, -0.1) is 0 Å². The van der Waals surface area contributed by atoms with Gasteiger partial charge >= 0.3 is 0 Å². The van der Waals surface area contributed by atoms with Crippen LogP contribution in [0.15, 0.2) is 22.8 Å². The van der Waals surface area contributed by atoms with Crippen molar-refractivity contribution in [2.24, 2.45) is 5.92 Å². The van der Waals surface area contributed by atoms with Gasteiger partial charge in [0.1, 0.15) is 5.75 Å². The Balaban J connectivity index is 2.00. The summed E-state index contributed by atoms with van der Waals surface area (Å²) in [6, 6.07) is 4.25. The molecule has 1 aliphatic rings. The van der Waals surface area contributed by atoms with Crippen molar-refractivity contribution < 1.29 is 9.84 Å². The minimum absolute atomic E-state index is 0.220. The summed E-state index contributed by atoms with van der Waals surface area (Å²) < 4.78 is 8.26. The molecule has 0 unspecified atom stereocenters. The molecule has 2 aromatic rings. The maximum atomic E-state index is 10.0. The molecule has 1 aromatic heterocycles. The molecule has 1 heterocycles. The first-order chi connectivity index (χ1) is 9.60. The summed E-state index contributed by atoms with van der Waals surface area (Å²) in [5.41, 5.74) is 0.928. The molecule has 3 rings (SSSR count). The average Bonchev–Trinajstić information content (AvgIpc) is 2.83. The van der Waals surface area contributed by atoms with Crippen LogP contribution in [0.2, 0.25) is 0 Å². The summed E-state index contributed by atoms with van der Waals surface area (Å²) in [6.07, 6.45) is 4.88. The van der Waals surface area contributed by atoms with Crippen molar-refractivity contribution in [3.05, 3.63) is 22.8 Å². The fraction of sp³-hybridized carbons (Fsp3) is 0.533. The second-order valence-electron chi connectivity index (χ2n) is 5.58. The fourth-order valence-corrected chi connectivity index (χ4v) is 3.58. The first kappa shape index (κ1) is 13.9. The van der Waals surface area contributed by atoms with Gasteiger partial charge in [0, 0.05) is 23.6 Å². The molecule has 5 heteroatoms. The molecule has 1 N–H and O–H groups in total. The minimum Gasteiger partial charge on any atom is -0.495 e. The van der Waals surface area contributed by atoms with Crippen LogP contribution in [0.4, 0.5) is 0 Å². The lowest BCUT2D eigenvalue weighted by Gasteiger charge is -2.33. The van der Waals surface area contributed by atoms with Crippen LogP contribution in [0.5, 0.6) is 5.75 Å². The molecule has 20 heavy (non-hydrogen) atoms. The number of benzene rings is 1. The highest BCUT2D eigenvalue weighted by molar-refractivity contribution is 9.10. The SMILES string of the molecule is COc1cc2nn([C@H]3CCC[C@@H](O)[C@H]3C)cc2cc1Br. The standard InChI is InChI=1S/C15H19BrN2O2/c1-9-13(4-3-5-14(9)19)18-8-10-6-11(16)15(20-2)7-12(10)17-18/h6-9,13-14,19H,3-5H2,1-2H3/t9-,13-,14+/m0/s1. The van der Waals surface area contributed by atoms with E-state index in [1.807, 2.05) is 16.8 Å². The van der Waals surface area contributed by atoms with Crippen molar-refractivity contribution in [3.63, 3.8) is 0 Å². The Morgan fingerprint density at radius 1 is 1.40 bits per heavy atom. The number of nitrogens with zero attached hydrogens (tertiary/aromatic N) is 2. The Labute approximate surface area is 126 Å². The maximum Gasteiger partial charge on any atom is 0.135 e. The lowest BCUT2D eigenvalue weighted by Crippen LogP contribution is -2.32. The normalized spacial score (nSPS) is 26.9. The number of methoxy groups -OCH3 is 1. The van der Waals surface area contributed by atoms with E-state index in [1.54, 1.807) is 7.11 Å². The van der Waals surface area contributed by atoms with Gasteiger partial charge in [0.25, 0.3) is 0 Å². The summed E-state index contributed by atoms with van der Waals surface area (Å²) >= 11 is 3.50. The van der Waals surface area contributed by atoms with Crippen molar-refractivity contribution in [2.45, 2.75) is 38.3 Å². The minimum atomic E-state index is -0.220. The third-order valence-electron chi connectivity index (χ3n) is 4.35. The highest BCUT2D eigenvalue weighted by Crippen LogP contribution is 2.35. The lowest BCUT2D eigenvalue weighted by molar-refractivity contribution is 0.0430. The van der Waals surface area contributed by atoms with Gasteiger partial charge in [-0.2, -0.15) is 5.10 Å². The van der Waals surface area contributed by atoms with Crippen LogP contribution >= 0.6 is 15.9 Å². The van der Waals surface area contributed by atoms with E-state index in [0.717, 1.165) is 40.4 Å². The van der Waals surface area contributed by atoms with Crippen LogP contribution in [0, 0.1) is 5.92 Å². The summed E-state index contributed by atoms with van der Waals surface area (Å²) in [4.78, 5) is 0. The molecule has 4 nitrogen and oxygen atoms in total. The van der Waals surface area contributed by atoms with Gasteiger partial charge < -0.3 is 9.84 Å². The molecule has 0 aliphatic heterocycles. The van der Waals surface area contributed by atoms with Gasteiger partial charge in [-0.1, -0.05) is 6.92 Å². The summed E-state index contributed by atoms with van der Waals surface area (Å²) in [5, 5.41) is 15.8. The van der Waals surface area contributed by atoms with E-state index in [2.05, 4.69) is 34.1 Å². The van der Waals surface area contributed by atoms with E-state index in [-0.39, 0.29) is 18.1 Å². The Morgan fingerprint density at radius 2 is 2.20 bits per heavy atom. The average molecular weight is 339 g/mol. The number of rotatable bonds is 2. The van der Waals surface area contributed by atoms with Crippen molar-refractivity contribution in [1.82, 2.24) is 9.78 Å². The zero-order chi connectivity index (χ0) is 14.3. The van der Waals surface area contributed by atoms with E-state index in [1.165, 1.54) is 0 Å². The quantitative estimate of drug-likeness (QED) is 0.911. The molecule has 0 amide bonds. The molecule has 1 aromatic carbocycles. The molecule has 0 bridgehead atoms. The molecular weight excluding hydrogens is 320 g/mol. The molecular formula is C15H19BrN2O2. The van der Waals surface area contributed by atoms with Crippen LogP contribution in [0.25, 0.3) is 10.9 Å². The summed E-state index contributed by atoms with van der Waals surface area (Å²) in [6.45, 7) is 2.11. The van der Waals surface area contributed by atoms with Crippen molar-refractivity contribution in [3.8, 4) is 5.75 Å². The van der Waals surface area contributed by atoms with Crippen molar-refractivity contribution in [2.75, 3.05) is 7.11 Å².